The lowest BCUT2D eigenvalue weighted by atomic mass is 9.83. The van der Waals surface area contributed by atoms with Crippen molar-refractivity contribution in [2.45, 2.75) is 24.5 Å². The smallest absolute Gasteiger partial charge is 0.123 e. The van der Waals surface area contributed by atoms with Crippen LogP contribution >= 0.6 is 0 Å². The normalized spacial score (nSPS) is 23.2. The molecule has 1 fully saturated rings. The molecule has 4 rings (SSSR count). The van der Waals surface area contributed by atoms with Crippen LogP contribution in [-0.4, -0.2) is 25.0 Å². The Morgan fingerprint density at radius 2 is 1.65 bits per heavy atom. The largest absolute Gasteiger partial charge is 0.358 e. The van der Waals surface area contributed by atoms with Gasteiger partial charge in [-0.3, -0.25) is 0 Å². The van der Waals surface area contributed by atoms with Gasteiger partial charge in [0.25, 0.3) is 0 Å². The fourth-order valence-corrected chi connectivity index (χ4v) is 3.76. The minimum absolute atomic E-state index is 0.231. The summed E-state index contributed by atoms with van der Waals surface area (Å²) in [6.45, 7) is 1.85. The second-order valence-corrected chi connectivity index (χ2v) is 6.58. The third-order valence-corrected chi connectivity index (χ3v) is 5.10. The van der Waals surface area contributed by atoms with E-state index in [0.29, 0.717) is 0 Å². The maximum Gasteiger partial charge on any atom is 0.123 e. The van der Waals surface area contributed by atoms with Crippen LogP contribution in [0.4, 0.5) is 8.78 Å². The molecule has 2 aromatic rings. The first-order valence-electron chi connectivity index (χ1n) is 7.99. The fourth-order valence-electron chi connectivity index (χ4n) is 3.76. The summed E-state index contributed by atoms with van der Waals surface area (Å²) in [5, 5.41) is 0. The van der Waals surface area contributed by atoms with E-state index in [2.05, 4.69) is 11.9 Å². The van der Waals surface area contributed by atoms with Gasteiger partial charge in [-0.1, -0.05) is 18.2 Å². The predicted molar refractivity (Wildman–Crippen MR) is 84.1 cm³/mol. The highest BCUT2D eigenvalue weighted by atomic mass is 19.1. The van der Waals surface area contributed by atoms with Crippen LogP contribution in [0.15, 0.2) is 42.5 Å². The van der Waals surface area contributed by atoms with Crippen molar-refractivity contribution in [3.8, 4) is 0 Å². The third-order valence-electron chi connectivity index (χ3n) is 5.10. The van der Waals surface area contributed by atoms with E-state index < -0.39 is 5.60 Å². The van der Waals surface area contributed by atoms with Gasteiger partial charge in [-0.25, -0.2) is 8.78 Å². The van der Waals surface area contributed by atoms with E-state index in [1.807, 2.05) is 6.07 Å². The van der Waals surface area contributed by atoms with E-state index >= 15 is 0 Å². The molecule has 23 heavy (non-hydrogen) atoms. The second-order valence-electron chi connectivity index (χ2n) is 6.58. The molecule has 2 heterocycles. The number of rotatable bonds is 1. The number of nitrogens with zero attached hydrogens (tertiary/aromatic N) is 1. The lowest BCUT2D eigenvalue weighted by molar-refractivity contribution is -0.0941. The molecule has 0 aliphatic carbocycles. The van der Waals surface area contributed by atoms with Gasteiger partial charge in [0.05, 0.1) is 5.60 Å². The van der Waals surface area contributed by atoms with Gasteiger partial charge < -0.3 is 9.64 Å². The van der Waals surface area contributed by atoms with Crippen LogP contribution in [0, 0.1) is 11.6 Å². The van der Waals surface area contributed by atoms with Gasteiger partial charge in [0.1, 0.15) is 17.7 Å². The van der Waals surface area contributed by atoms with Gasteiger partial charge >= 0.3 is 0 Å². The molecule has 120 valence electrons. The SMILES string of the molecule is CN1CCC2(CC1)O[C@@H](c1ccc(F)cc1)c1ccc(F)cc12. The zero-order chi connectivity index (χ0) is 16.0. The zero-order valence-electron chi connectivity index (χ0n) is 13.1. The molecule has 2 nitrogen and oxygen atoms in total. The minimum Gasteiger partial charge on any atom is -0.358 e. The molecular formula is C19H19F2NO. The molecule has 1 saturated heterocycles. The number of hydrogen-bond donors (Lipinski definition) is 0. The molecule has 1 atom stereocenters. The standard InChI is InChI=1S/C19H19F2NO/c1-22-10-8-19(9-11-22)17-12-15(21)6-7-16(17)18(23-19)13-2-4-14(20)5-3-13/h2-7,12,18H,8-11H2,1H3/t18-/m0/s1. The molecule has 2 aliphatic rings. The average Bonchev–Trinajstić information content (AvgIpc) is 2.85. The van der Waals surface area contributed by atoms with Crippen molar-refractivity contribution in [3.05, 3.63) is 70.8 Å². The molecule has 0 saturated carbocycles. The highest BCUT2D eigenvalue weighted by Gasteiger charge is 2.46. The Bertz CT molecular complexity index is 721. The number of halogens is 2. The number of ether oxygens (including phenoxy) is 1. The summed E-state index contributed by atoms with van der Waals surface area (Å²) in [4.78, 5) is 2.26. The molecule has 2 aliphatic heterocycles. The van der Waals surface area contributed by atoms with Crippen LogP contribution in [0.1, 0.15) is 35.6 Å². The van der Waals surface area contributed by atoms with E-state index in [9.17, 15) is 8.78 Å². The summed E-state index contributed by atoms with van der Waals surface area (Å²) in [7, 11) is 2.09. The van der Waals surface area contributed by atoms with Crippen LogP contribution in [0.25, 0.3) is 0 Å². The summed E-state index contributed by atoms with van der Waals surface area (Å²) in [5.74, 6) is -0.495. The van der Waals surface area contributed by atoms with Gasteiger partial charge in [-0.2, -0.15) is 0 Å². The Labute approximate surface area is 134 Å². The Morgan fingerprint density at radius 1 is 1.00 bits per heavy atom. The van der Waals surface area contributed by atoms with Crippen molar-refractivity contribution < 1.29 is 13.5 Å². The van der Waals surface area contributed by atoms with Crippen molar-refractivity contribution in [2.75, 3.05) is 20.1 Å². The van der Waals surface area contributed by atoms with Gasteiger partial charge in [-0.05, 0) is 60.8 Å². The highest BCUT2D eigenvalue weighted by molar-refractivity contribution is 5.44. The molecular weight excluding hydrogens is 296 g/mol. The molecule has 0 radical (unpaired) electrons. The van der Waals surface area contributed by atoms with Crippen molar-refractivity contribution in [2.24, 2.45) is 0 Å². The summed E-state index contributed by atoms with van der Waals surface area (Å²) in [6.07, 6.45) is 1.43. The van der Waals surface area contributed by atoms with Crippen LogP contribution in [0.2, 0.25) is 0 Å². The highest BCUT2D eigenvalue weighted by Crippen LogP contribution is 2.51. The number of benzene rings is 2. The third kappa shape index (κ3) is 2.46. The fraction of sp³-hybridized carbons (Fsp3) is 0.368. The monoisotopic (exact) mass is 315 g/mol. The molecule has 0 unspecified atom stereocenters. The molecule has 4 heteroatoms. The summed E-state index contributed by atoms with van der Waals surface area (Å²) in [6, 6.07) is 11.3. The zero-order valence-corrected chi connectivity index (χ0v) is 13.1. The Morgan fingerprint density at radius 3 is 2.35 bits per heavy atom. The first kappa shape index (κ1) is 14.8. The topological polar surface area (TPSA) is 12.5 Å². The van der Waals surface area contributed by atoms with E-state index in [1.165, 1.54) is 18.2 Å². The first-order chi connectivity index (χ1) is 11.1. The summed E-state index contributed by atoms with van der Waals surface area (Å²) < 4.78 is 33.5. The Hall–Kier alpha value is -1.78. The lowest BCUT2D eigenvalue weighted by Gasteiger charge is -2.38. The predicted octanol–water partition coefficient (Wildman–Crippen LogP) is 4.01. The Balaban J connectivity index is 1.78. The molecule has 2 aromatic carbocycles. The molecule has 1 spiro atoms. The number of hydrogen-bond acceptors (Lipinski definition) is 2. The van der Waals surface area contributed by atoms with Crippen LogP contribution in [0.5, 0.6) is 0 Å². The molecule has 0 amide bonds. The Kier molecular flexibility index (Phi) is 3.47. The van der Waals surface area contributed by atoms with Gasteiger partial charge in [0, 0.05) is 13.1 Å². The lowest BCUT2D eigenvalue weighted by Crippen LogP contribution is -2.40. The number of likely N-dealkylation sites (tertiary alicyclic amines) is 1. The first-order valence-corrected chi connectivity index (χ1v) is 7.99. The maximum absolute atomic E-state index is 13.8. The maximum atomic E-state index is 13.8. The van der Waals surface area contributed by atoms with Crippen LogP contribution < -0.4 is 0 Å². The number of piperidine rings is 1. The minimum atomic E-state index is -0.428. The summed E-state index contributed by atoms with van der Waals surface area (Å²) >= 11 is 0. The van der Waals surface area contributed by atoms with Crippen molar-refractivity contribution in [1.82, 2.24) is 4.90 Å². The second kappa shape index (κ2) is 5.39. The van der Waals surface area contributed by atoms with E-state index in [-0.39, 0.29) is 17.7 Å². The average molecular weight is 315 g/mol. The van der Waals surface area contributed by atoms with E-state index in [0.717, 1.165) is 42.6 Å². The van der Waals surface area contributed by atoms with Crippen LogP contribution in [0.3, 0.4) is 0 Å². The van der Waals surface area contributed by atoms with Crippen molar-refractivity contribution >= 4 is 0 Å². The molecule has 0 bridgehead atoms. The summed E-state index contributed by atoms with van der Waals surface area (Å²) in [5.41, 5.74) is 2.45. The van der Waals surface area contributed by atoms with Gasteiger partial charge in [0.2, 0.25) is 0 Å². The number of fused-ring (bicyclic) bond motifs is 2. The van der Waals surface area contributed by atoms with Crippen LogP contribution in [-0.2, 0) is 10.3 Å². The van der Waals surface area contributed by atoms with Crippen molar-refractivity contribution in [3.63, 3.8) is 0 Å². The quantitative estimate of drug-likeness (QED) is 0.788. The van der Waals surface area contributed by atoms with E-state index in [4.69, 9.17) is 4.74 Å². The van der Waals surface area contributed by atoms with Gasteiger partial charge in [-0.15, -0.1) is 0 Å². The van der Waals surface area contributed by atoms with Gasteiger partial charge in [0.15, 0.2) is 0 Å². The molecule has 0 N–H and O–H groups in total. The van der Waals surface area contributed by atoms with E-state index in [1.54, 1.807) is 18.2 Å². The molecule has 0 aromatic heterocycles. The van der Waals surface area contributed by atoms with Crippen molar-refractivity contribution in [1.29, 1.82) is 0 Å².